The van der Waals surface area contributed by atoms with Crippen LogP contribution >= 0.6 is 0 Å². The summed E-state index contributed by atoms with van der Waals surface area (Å²) < 4.78 is 40.5. The van der Waals surface area contributed by atoms with Crippen molar-refractivity contribution < 1.29 is 32.5 Å². The quantitative estimate of drug-likeness (QED) is 0.241. The third kappa shape index (κ3) is 12.4. The van der Waals surface area contributed by atoms with Crippen LogP contribution in [0.4, 0.5) is 0 Å². The molecule has 0 N–H and O–H groups in total. The van der Waals surface area contributed by atoms with Crippen LogP contribution in [0.15, 0.2) is 0 Å². The maximum absolute atomic E-state index is 6.06. The Morgan fingerprint density at radius 2 is 1.52 bits per heavy atom. The predicted octanol–water partition coefficient (Wildman–Crippen LogP) is 3.40. The van der Waals surface area contributed by atoms with Crippen molar-refractivity contribution in [3.05, 3.63) is 0 Å². The highest BCUT2D eigenvalue weighted by molar-refractivity contribution is 6.64. The lowest BCUT2D eigenvalue weighted by atomic mass is 9.88. The Kier molecular flexibility index (Phi) is 12.4. The van der Waals surface area contributed by atoms with Gasteiger partial charge in [-0.05, 0) is 47.2 Å². The Labute approximate surface area is 178 Å². The molecule has 8 heteroatoms. The van der Waals surface area contributed by atoms with E-state index in [0.717, 1.165) is 13.0 Å². The molecule has 1 aliphatic rings. The predicted molar refractivity (Wildman–Crippen MR) is 116 cm³/mol. The summed E-state index contributed by atoms with van der Waals surface area (Å²) in [4.78, 5) is 0. The first-order chi connectivity index (χ1) is 13.6. The minimum Gasteiger partial charge on any atom is -0.398 e. The molecule has 174 valence electrons. The average molecular weight is 437 g/mol. The number of ether oxygens (including phenoxy) is 5. The molecule has 4 unspecified atom stereocenters. The molecule has 0 aliphatic carbocycles. The van der Waals surface area contributed by atoms with E-state index in [-0.39, 0.29) is 29.8 Å². The molecule has 0 amide bonds. The lowest BCUT2D eigenvalue weighted by Crippen LogP contribution is -2.41. The van der Waals surface area contributed by atoms with Gasteiger partial charge < -0.3 is 32.5 Å². The highest BCUT2D eigenvalue weighted by Crippen LogP contribution is 2.25. The normalized spacial score (nSPS) is 21.2. The molecular formula is C21H44O7Si. The molecule has 0 radical (unpaired) electrons. The van der Waals surface area contributed by atoms with Gasteiger partial charge >= 0.3 is 8.56 Å². The molecule has 1 fully saturated rings. The van der Waals surface area contributed by atoms with Crippen LogP contribution in [-0.4, -0.2) is 86.3 Å². The molecule has 0 bridgehead atoms. The molecule has 1 aliphatic heterocycles. The molecule has 7 nitrogen and oxygen atoms in total. The summed E-state index contributed by atoms with van der Waals surface area (Å²) in [5.41, 5.74) is -0.208. The van der Waals surface area contributed by atoms with Crippen LogP contribution < -0.4 is 0 Å². The second-order valence-corrected chi connectivity index (χ2v) is 12.3. The van der Waals surface area contributed by atoms with Gasteiger partial charge in [0.2, 0.25) is 0 Å². The van der Waals surface area contributed by atoms with Gasteiger partial charge in [0.1, 0.15) is 6.10 Å². The fourth-order valence-electron chi connectivity index (χ4n) is 2.96. The van der Waals surface area contributed by atoms with Crippen molar-refractivity contribution >= 4 is 8.56 Å². The number of epoxide rings is 1. The maximum Gasteiger partial charge on any atom is 0.331 e. The molecule has 1 rings (SSSR count). The van der Waals surface area contributed by atoms with Gasteiger partial charge in [-0.2, -0.15) is 0 Å². The van der Waals surface area contributed by atoms with E-state index >= 15 is 0 Å². The summed E-state index contributed by atoms with van der Waals surface area (Å²) in [5, 5.41) is 0. The minimum absolute atomic E-state index is 0.0210. The van der Waals surface area contributed by atoms with E-state index in [1.54, 1.807) is 7.11 Å². The second-order valence-electron chi connectivity index (χ2n) is 8.88. The smallest absolute Gasteiger partial charge is 0.331 e. The number of hydrogen-bond acceptors (Lipinski definition) is 7. The van der Waals surface area contributed by atoms with Gasteiger partial charge in [0.25, 0.3) is 0 Å². The van der Waals surface area contributed by atoms with E-state index in [9.17, 15) is 0 Å². The highest BCUT2D eigenvalue weighted by Gasteiger charge is 2.32. The van der Waals surface area contributed by atoms with E-state index < -0.39 is 8.56 Å². The average Bonchev–Trinajstić information content (AvgIpc) is 3.44. The van der Waals surface area contributed by atoms with E-state index in [0.29, 0.717) is 39.6 Å². The Morgan fingerprint density at radius 3 is 2.00 bits per heavy atom. The molecule has 4 atom stereocenters. The van der Waals surface area contributed by atoms with Crippen molar-refractivity contribution in [3.63, 3.8) is 0 Å². The van der Waals surface area contributed by atoms with Crippen LogP contribution in [0.2, 0.25) is 13.1 Å². The van der Waals surface area contributed by atoms with E-state index in [4.69, 9.17) is 32.5 Å². The monoisotopic (exact) mass is 436 g/mol. The number of rotatable bonds is 18. The Morgan fingerprint density at radius 1 is 0.966 bits per heavy atom. The summed E-state index contributed by atoms with van der Waals surface area (Å²) in [7, 11) is -0.377. The van der Waals surface area contributed by atoms with Crippen LogP contribution in [0.25, 0.3) is 0 Å². The maximum atomic E-state index is 6.06. The molecule has 1 saturated heterocycles. The first-order valence-corrected chi connectivity index (χ1v) is 13.7. The zero-order chi connectivity index (χ0) is 21.9. The fourth-order valence-corrected chi connectivity index (χ4v) is 4.09. The fraction of sp³-hybridized carbons (Fsp3) is 1.00. The summed E-state index contributed by atoms with van der Waals surface area (Å²) in [6.45, 7) is 18.5. The summed E-state index contributed by atoms with van der Waals surface area (Å²) in [6, 6.07) is 0. The first kappa shape index (κ1) is 27.0. The van der Waals surface area contributed by atoms with Crippen molar-refractivity contribution in [3.8, 4) is 0 Å². The van der Waals surface area contributed by atoms with Gasteiger partial charge in [0.05, 0.1) is 64.6 Å². The molecule has 0 aromatic carbocycles. The zero-order valence-electron chi connectivity index (χ0n) is 19.8. The van der Waals surface area contributed by atoms with Gasteiger partial charge in [-0.25, -0.2) is 0 Å². The van der Waals surface area contributed by atoms with Gasteiger partial charge in [0, 0.05) is 12.5 Å². The number of hydrogen-bond donors (Lipinski definition) is 0. The molecule has 0 saturated carbocycles. The summed E-state index contributed by atoms with van der Waals surface area (Å²) >= 11 is 0. The molecular weight excluding hydrogens is 392 g/mol. The molecule has 1 heterocycles. The zero-order valence-corrected chi connectivity index (χ0v) is 20.8. The summed E-state index contributed by atoms with van der Waals surface area (Å²) in [6.07, 6.45) is 1.37. The van der Waals surface area contributed by atoms with Crippen LogP contribution in [0.1, 0.15) is 41.0 Å². The van der Waals surface area contributed by atoms with Crippen LogP contribution in [0.3, 0.4) is 0 Å². The SMILES string of the molecule is CCC(COCC(C)OC(C)C)(COCC(C)O[Si](C)(C)OC)COCC1CO1. The van der Waals surface area contributed by atoms with Gasteiger partial charge in [-0.15, -0.1) is 0 Å². The minimum atomic E-state index is -2.08. The molecule has 0 aromatic rings. The van der Waals surface area contributed by atoms with E-state index in [1.165, 1.54) is 0 Å². The third-order valence-corrected chi connectivity index (χ3v) is 6.82. The summed E-state index contributed by atoms with van der Waals surface area (Å²) in [5.74, 6) is 0. The Balaban J connectivity index is 2.51. The topological polar surface area (TPSA) is 67.9 Å². The van der Waals surface area contributed by atoms with Crippen molar-refractivity contribution in [2.24, 2.45) is 5.41 Å². The van der Waals surface area contributed by atoms with Gasteiger partial charge in [-0.1, -0.05) is 6.92 Å². The second kappa shape index (κ2) is 13.4. The van der Waals surface area contributed by atoms with Crippen molar-refractivity contribution in [1.82, 2.24) is 0 Å². The van der Waals surface area contributed by atoms with Crippen LogP contribution in [0.5, 0.6) is 0 Å². The van der Waals surface area contributed by atoms with Crippen molar-refractivity contribution in [2.75, 3.05) is 53.4 Å². The highest BCUT2D eigenvalue weighted by atomic mass is 28.4. The molecule has 29 heavy (non-hydrogen) atoms. The van der Waals surface area contributed by atoms with E-state index in [1.807, 2.05) is 40.8 Å². The Hall–Kier alpha value is -0.0631. The van der Waals surface area contributed by atoms with Crippen molar-refractivity contribution in [2.45, 2.75) is 78.5 Å². The Bertz CT molecular complexity index is 431. The van der Waals surface area contributed by atoms with Crippen molar-refractivity contribution in [1.29, 1.82) is 0 Å². The van der Waals surface area contributed by atoms with Crippen LogP contribution in [-0.2, 0) is 32.5 Å². The lowest BCUT2D eigenvalue weighted by Gasteiger charge is -2.33. The van der Waals surface area contributed by atoms with Gasteiger partial charge in [-0.3, -0.25) is 0 Å². The lowest BCUT2D eigenvalue weighted by molar-refractivity contribution is -0.101. The largest absolute Gasteiger partial charge is 0.398 e. The first-order valence-electron chi connectivity index (χ1n) is 10.8. The molecule has 0 aromatic heterocycles. The molecule has 0 spiro atoms. The standard InChI is InChI=1S/C21H44O7Si/c1-9-21(16-25-12-20-13-26-20,14-23-10-18(4)27-17(2)3)15-24-11-19(5)28-29(7,8)22-6/h17-20H,9-16H2,1-8H3. The van der Waals surface area contributed by atoms with Gasteiger partial charge in [0.15, 0.2) is 0 Å². The third-order valence-electron chi connectivity index (χ3n) is 4.87. The van der Waals surface area contributed by atoms with Crippen LogP contribution in [0, 0.1) is 5.41 Å². The van der Waals surface area contributed by atoms with E-state index in [2.05, 4.69) is 6.92 Å².